The summed E-state index contributed by atoms with van der Waals surface area (Å²) in [4.78, 5) is 33.8. The van der Waals surface area contributed by atoms with E-state index in [2.05, 4.69) is 4.99 Å². The van der Waals surface area contributed by atoms with Gasteiger partial charge in [0, 0.05) is 19.8 Å². The maximum Gasteiger partial charge on any atom is 0.338 e. The first-order chi connectivity index (χ1) is 16.8. The first kappa shape index (κ1) is 24.5. The number of carbonyl (C=O) groups is 1. The number of esters is 1. The summed E-state index contributed by atoms with van der Waals surface area (Å²) < 4.78 is 13.1. The summed E-state index contributed by atoms with van der Waals surface area (Å²) in [6.07, 6.45) is 1.86. The number of allylic oxidation sites excluding steroid dienone is 1. The zero-order valence-corrected chi connectivity index (χ0v) is 21.4. The van der Waals surface area contributed by atoms with Crippen molar-refractivity contribution in [3.05, 3.63) is 90.6 Å². The molecule has 0 unspecified atom stereocenters. The molecule has 1 aliphatic rings. The van der Waals surface area contributed by atoms with Crippen LogP contribution in [0, 0.1) is 0 Å². The van der Waals surface area contributed by atoms with Crippen LogP contribution in [0.4, 0.5) is 5.69 Å². The lowest BCUT2D eigenvalue weighted by molar-refractivity contribution is -0.139. The maximum absolute atomic E-state index is 13.7. The number of anilines is 1. The van der Waals surface area contributed by atoms with Gasteiger partial charge in [-0.15, -0.1) is 0 Å². The highest BCUT2D eigenvalue weighted by molar-refractivity contribution is 7.07. The number of aromatic nitrogens is 1. The predicted molar refractivity (Wildman–Crippen MR) is 139 cm³/mol. The van der Waals surface area contributed by atoms with Gasteiger partial charge < -0.3 is 14.4 Å². The summed E-state index contributed by atoms with van der Waals surface area (Å²) in [7, 11) is 3.97. The van der Waals surface area contributed by atoms with E-state index in [9.17, 15) is 9.59 Å². The van der Waals surface area contributed by atoms with Crippen molar-refractivity contribution in [3.8, 4) is 5.75 Å². The lowest BCUT2D eigenvalue weighted by Gasteiger charge is -2.24. The van der Waals surface area contributed by atoms with E-state index in [-0.39, 0.29) is 12.2 Å². The van der Waals surface area contributed by atoms with Gasteiger partial charge in [0.1, 0.15) is 5.75 Å². The number of rotatable bonds is 7. The average Bonchev–Trinajstić information content (AvgIpc) is 3.13. The van der Waals surface area contributed by atoms with Crippen molar-refractivity contribution in [2.45, 2.75) is 26.8 Å². The Morgan fingerprint density at radius 2 is 1.77 bits per heavy atom. The Labute approximate surface area is 208 Å². The Morgan fingerprint density at radius 1 is 1.09 bits per heavy atom. The van der Waals surface area contributed by atoms with Crippen LogP contribution in [0.3, 0.4) is 0 Å². The highest BCUT2D eigenvalue weighted by atomic mass is 32.1. The van der Waals surface area contributed by atoms with Crippen molar-refractivity contribution >= 4 is 29.1 Å². The highest BCUT2D eigenvalue weighted by Gasteiger charge is 2.33. The Hall–Kier alpha value is -3.65. The molecule has 1 atom stereocenters. The Morgan fingerprint density at radius 3 is 2.37 bits per heavy atom. The van der Waals surface area contributed by atoms with E-state index >= 15 is 0 Å². The third-order valence-corrected chi connectivity index (χ3v) is 6.71. The SMILES string of the molecule is CCOC(=O)C1=C(C)N=c2sc(=Cc3ccc(N(C)C)cc3)c(=O)n2[C@H]1c1ccc(OCC)cc1. The molecule has 1 aliphatic heterocycles. The molecule has 0 saturated carbocycles. The van der Waals surface area contributed by atoms with Gasteiger partial charge in [-0.25, -0.2) is 9.79 Å². The minimum atomic E-state index is -0.640. The van der Waals surface area contributed by atoms with E-state index in [1.807, 2.05) is 80.5 Å². The Bertz CT molecular complexity index is 1430. The number of nitrogens with zero attached hydrogens (tertiary/aromatic N) is 3. The van der Waals surface area contributed by atoms with E-state index in [0.29, 0.717) is 27.2 Å². The molecule has 0 spiro atoms. The van der Waals surface area contributed by atoms with Crippen LogP contribution in [0.1, 0.15) is 37.9 Å². The second kappa shape index (κ2) is 10.3. The molecule has 4 rings (SSSR count). The molecule has 7 nitrogen and oxygen atoms in total. The monoisotopic (exact) mass is 491 g/mol. The van der Waals surface area contributed by atoms with Gasteiger partial charge in [-0.1, -0.05) is 35.6 Å². The summed E-state index contributed by atoms with van der Waals surface area (Å²) in [5.41, 5.74) is 3.50. The zero-order chi connectivity index (χ0) is 25.1. The van der Waals surface area contributed by atoms with Gasteiger partial charge in [0.25, 0.3) is 5.56 Å². The van der Waals surface area contributed by atoms with Gasteiger partial charge in [0.05, 0.1) is 35.1 Å². The minimum absolute atomic E-state index is 0.196. The smallest absolute Gasteiger partial charge is 0.338 e. The van der Waals surface area contributed by atoms with Gasteiger partial charge >= 0.3 is 5.97 Å². The van der Waals surface area contributed by atoms with Crippen LogP contribution in [0.15, 0.2) is 69.6 Å². The molecule has 0 aliphatic carbocycles. The number of hydrogen-bond acceptors (Lipinski definition) is 7. The molecule has 0 amide bonds. The van der Waals surface area contributed by atoms with Crippen LogP contribution in [0.2, 0.25) is 0 Å². The summed E-state index contributed by atoms with van der Waals surface area (Å²) in [5, 5.41) is 0. The second-order valence-corrected chi connectivity index (χ2v) is 9.30. The topological polar surface area (TPSA) is 73.1 Å². The van der Waals surface area contributed by atoms with Crippen LogP contribution in [0.25, 0.3) is 6.08 Å². The fraction of sp³-hybridized carbons (Fsp3) is 0.296. The van der Waals surface area contributed by atoms with Gasteiger partial charge in [-0.2, -0.15) is 0 Å². The fourth-order valence-electron chi connectivity index (χ4n) is 4.04. The lowest BCUT2D eigenvalue weighted by atomic mass is 9.96. The van der Waals surface area contributed by atoms with Crippen LogP contribution >= 0.6 is 11.3 Å². The largest absolute Gasteiger partial charge is 0.494 e. The van der Waals surface area contributed by atoms with Gasteiger partial charge in [0.15, 0.2) is 4.80 Å². The molecule has 8 heteroatoms. The number of benzene rings is 2. The molecule has 1 aromatic heterocycles. The summed E-state index contributed by atoms with van der Waals surface area (Å²) >= 11 is 1.31. The third kappa shape index (κ3) is 4.93. The van der Waals surface area contributed by atoms with Crippen molar-refractivity contribution in [2.24, 2.45) is 4.99 Å². The van der Waals surface area contributed by atoms with E-state index in [1.54, 1.807) is 18.4 Å². The molecule has 2 heterocycles. The number of hydrogen-bond donors (Lipinski definition) is 0. The molecule has 182 valence electrons. The van der Waals surface area contributed by atoms with Gasteiger partial charge in [-0.05, 0) is 62.2 Å². The van der Waals surface area contributed by atoms with E-state index in [0.717, 1.165) is 22.6 Å². The van der Waals surface area contributed by atoms with Gasteiger partial charge in [-0.3, -0.25) is 9.36 Å². The van der Waals surface area contributed by atoms with Crippen LogP contribution in [-0.2, 0) is 9.53 Å². The Balaban J connectivity index is 1.87. The standard InChI is InChI=1S/C27H29N3O4S/c1-6-33-21-14-10-19(11-15-21)24-23(26(32)34-7-2)17(3)28-27-30(24)25(31)22(35-27)16-18-8-12-20(13-9-18)29(4)5/h8-16,24H,6-7H2,1-5H3/t24-/m0/s1. The van der Waals surface area contributed by atoms with E-state index in [1.165, 1.54) is 11.3 Å². The van der Waals surface area contributed by atoms with Gasteiger partial charge in [0.2, 0.25) is 0 Å². The number of carbonyl (C=O) groups excluding carboxylic acids is 1. The molecule has 0 fully saturated rings. The number of ether oxygens (including phenoxy) is 2. The first-order valence-corrected chi connectivity index (χ1v) is 12.4. The van der Waals surface area contributed by atoms with Crippen LogP contribution in [0.5, 0.6) is 5.75 Å². The summed E-state index contributed by atoms with van der Waals surface area (Å²) in [6, 6.07) is 14.8. The first-order valence-electron chi connectivity index (χ1n) is 11.5. The second-order valence-electron chi connectivity index (χ2n) is 8.29. The quantitative estimate of drug-likeness (QED) is 0.475. The van der Waals surface area contributed by atoms with Crippen molar-refractivity contribution in [1.82, 2.24) is 4.57 Å². The number of fused-ring (bicyclic) bond motifs is 1. The fourth-order valence-corrected chi connectivity index (χ4v) is 5.09. The molecule has 0 N–H and O–H groups in total. The molecular formula is C27H29N3O4S. The van der Waals surface area contributed by atoms with Crippen molar-refractivity contribution in [3.63, 3.8) is 0 Å². The van der Waals surface area contributed by atoms with Crippen molar-refractivity contribution in [2.75, 3.05) is 32.2 Å². The molecule has 2 aromatic carbocycles. The maximum atomic E-state index is 13.7. The van der Waals surface area contributed by atoms with E-state index < -0.39 is 12.0 Å². The normalized spacial score (nSPS) is 15.5. The lowest BCUT2D eigenvalue weighted by Crippen LogP contribution is -2.39. The molecule has 0 saturated heterocycles. The van der Waals surface area contributed by atoms with Crippen molar-refractivity contribution < 1.29 is 14.3 Å². The zero-order valence-electron chi connectivity index (χ0n) is 20.6. The van der Waals surface area contributed by atoms with E-state index in [4.69, 9.17) is 9.47 Å². The van der Waals surface area contributed by atoms with Crippen molar-refractivity contribution in [1.29, 1.82) is 0 Å². The highest BCUT2D eigenvalue weighted by Crippen LogP contribution is 2.31. The molecule has 0 bridgehead atoms. The molecule has 3 aromatic rings. The summed E-state index contributed by atoms with van der Waals surface area (Å²) in [5.74, 6) is 0.254. The Kier molecular flexibility index (Phi) is 7.21. The summed E-state index contributed by atoms with van der Waals surface area (Å²) in [6.45, 7) is 6.25. The average molecular weight is 492 g/mol. The molecule has 35 heavy (non-hydrogen) atoms. The third-order valence-electron chi connectivity index (χ3n) is 5.73. The van der Waals surface area contributed by atoms with Crippen LogP contribution < -0.4 is 24.5 Å². The molecular weight excluding hydrogens is 462 g/mol. The minimum Gasteiger partial charge on any atom is -0.494 e. The van der Waals surface area contributed by atoms with Crippen LogP contribution in [-0.4, -0.2) is 37.8 Å². The predicted octanol–water partition coefficient (Wildman–Crippen LogP) is 3.26. The number of thiazole rings is 1. The molecule has 0 radical (unpaired) electrons.